The molecule has 0 aliphatic rings. The van der Waals surface area contributed by atoms with Gasteiger partial charge in [-0.2, -0.15) is 5.10 Å². The van der Waals surface area contributed by atoms with Gasteiger partial charge in [-0.15, -0.1) is 0 Å². The van der Waals surface area contributed by atoms with Crippen LogP contribution in [0.1, 0.15) is 38.7 Å². The van der Waals surface area contributed by atoms with Gasteiger partial charge in [-0.1, -0.05) is 13.3 Å². The van der Waals surface area contributed by atoms with Gasteiger partial charge in [-0.05, 0) is 47.0 Å². The first-order valence-corrected chi connectivity index (χ1v) is 7.35. The van der Waals surface area contributed by atoms with E-state index in [0.29, 0.717) is 28.8 Å². The first-order chi connectivity index (χ1) is 9.58. The monoisotopic (exact) mass is 342 g/mol. The van der Waals surface area contributed by atoms with Gasteiger partial charge in [-0.25, -0.2) is 5.43 Å². The first kappa shape index (κ1) is 16.5. The van der Waals surface area contributed by atoms with Crippen LogP contribution in [0, 0.1) is 0 Å². The molecule has 2 N–H and O–H groups in total. The van der Waals surface area contributed by atoms with Crippen LogP contribution < -0.4 is 10.2 Å². The number of nitrogens with zero attached hydrogens (tertiary/aromatic N) is 1. The Bertz CT molecular complexity index is 490. The molecule has 0 bridgehead atoms. The number of carbonyl (C=O) groups is 1. The molecule has 0 radical (unpaired) electrons. The number of carbonyl (C=O) groups excluding carboxylic acids is 1. The molecule has 1 aromatic rings. The SMILES string of the molecule is CCCCC(=O)N/N=C\c1cc(Br)c(O)c(OCC)c1. The van der Waals surface area contributed by atoms with Crippen molar-refractivity contribution in [2.75, 3.05) is 6.61 Å². The van der Waals surface area contributed by atoms with E-state index in [4.69, 9.17) is 4.74 Å². The second-order valence-electron chi connectivity index (χ2n) is 4.18. The average molecular weight is 343 g/mol. The van der Waals surface area contributed by atoms with Gasteiger partial charge in [0, 0.05) is 6.42 Å². The molecule has 0 atom stereocenters. The van der Waals surface area contributed by atoms with Crippen LogP contribution in [0.4, 0.5) is 0 Å². The topological polar surface area (TPSA) is 70.9 Å². The summed E-state index contributed by atoms with van der Waals surface area (Å²) in [5, 5.41) is 13.7. The summed E-state index contributed by atoms with van der Waals surface area (Å²) in [4.78, 5) is 11.4. The van der Waals surface area contributed by atoms with Crippen molar-refractivity contribution < 1.29 is 14.6 Å². The van der Waals surface area contributed by atoms with Gasteiger partial charge in [0.15, 0.2) is 11.5 Å². The lowest BCUT2D eigenvalue weighted by atomic mass is 10.2. The number of ether oxygens (including phenoxy) is 1. The molecular weight excluding hydrogens is 324 g/mol. The summed E-state index contributed by atoms with van der Waals surface area (Å²) in [7, 11) is 0. The predicted molar refractivity (Wildman–Crippen MR) is 82.2 cm³/mol. The molecule has 0 saturated heterocycles. The molecule has 6 heteroatoms. The van der Waals surface area contributed by atoms with E-state index in [1.54, 1.807) is 12.1 Å². The van der Waals surface area contributed by atoms with E-state index in [9.17, 15) is 9.90 Å². The molecule has 110 valence electrons. The van der Waals surface area contributed by atoms with E-state index in [2.05, 4.69) is 26.5 Å². The van der Waals surface area contributed by atoms with E-state index in [-0.39, 0.29) is 11.7 Å². The van der Waals surface area contributed by atoms with Gasteiger partial charge in [-0.3, -0.25) is 4.79 Å². The van der Waals surface area contributed by atoms with Crippen molar-refractivity contribution in [1.29, 1.82) is 0 Å². The van der Waals surface area contributed by atoms with Crippen molar-refractivity contribution in [1.82, 2.24) is 5.43 Å². The highest BCUT2D eigenvalue weighted by molar-refractivity contribution is 9.10. The summed E-state index contributed by atoms with van der Waals surface area (Å²) in [5.41, 5.74) is 3.18. The van der Waals surface area contributed by atoms with Crippen LogP contribution in [0.3, 0.4) is 0 Å². The fraction of sp³-hybridized carbons (Fsp3) is 0.429. The zero-order chi connectivity index (χ0) is 15.0. The number of hydrogen-bond donors (Lipinski definition) is 2. The third-order valence-corrected chi connectivity index (χ3v) is 3.12. The third kappa shape index (κ3) is 5.21. The molecule has 1 rings (SSSR count). The van der Waals surface area contributed by atoms with Crippen molar-refractivity contribution >= 4 is 28.1 Å². The van der Waals surface area contributed by atoms with Crippen LogP contribution in [-0.2, 0) is 4.79 Å². The Balaban J connectivity index is 2.70. The number of amides is 1. The molecule has 0 fully saturated rings. The standard InChI is InChI=1S/C14H19BrN2O3/c1-3-5-6-13(18)17-16-9-10-7-11(15)14(19)12(8-10)20-4-2/h7-9,19H,3-6H2,1-2H3,(H,17,18)/b16-9-. The number of benzene rings is 1. The first-order valence-electron chi connectivity index (χ1n) is 6.55. The minimum Gasteiger partial charge on any atom is -0.503 e. The van der Waals surface area contributed by atoms with Gasteiger partial charge in [0.2, 0.25) is 5.91 Å². The lowest BCUT2D eigenvalue weighted by molar-refractivity contribution is -0.121. The lowest BCUT2D eigenvalue weighted by Gasteiger charge is -2.08. The minimum atomic E-state index is -0.106. The Kier molecular flexibility index (Phi) is 7.08. The van der Waals surface area contributed by atoms with Crippen molar-refractivity contribution in [2.24, 2.45) is 5.10 Å². The van der Waals surface area contributed by atoms with E-state index < -0.39 is 0 Å². The van der Waals surface area contributed by atoms with E-state index in [1.165, 1.54) is 6.21 Å². The van der Waals surface area contributed by atoms with Crippen molar-refractivity contribution in [3.05, 3.63) is 22.2 Å². The summed E-state index contributed by atoms with van der Waals surface area (Å²) in [6.45, 7) is 4.32. The normalized spacial score (nSPS) is 10.8. The Hall–Kier alpha value is -1.56. The van der Waals surface area contributed by atoms with Crippen LogP contribution in [-0.4, -0.2) is 23.8 Å². The smallest absolute Gasteiger partial charge is 0.240 e. The summed E-state index contributed by atoms with van der Waals surface area (Å²) in [6, 6.07) is 3.35. The van der Waals surface area contributed by atoms with E-state index in [1.807, 2.05) is 13.8 Å². The van der Waals surface area contributed by atoms with E-state index in [0.717, 1.165) is 12.8 Å². The average Bonchev–Trinajstić information content (AvgIpc) is 2.42. The lowest BCUT2D eigenvalue weighted by Crippen LogP contribution is -2.16. The highest BCUT2D eigenvalue weighted by Crippen LogP contribution is 2.34. The van der Waals surface area contributed by atoms with Crippen molar-refractivity contribution in [3.63, 3.8) is 0 Å². The second-order valence-corrected chi connectivity index (χ2v) is 5.03. The van der Waals surface area contributed by atoms with Gasteiger partial charge in [0.1, 0.15) is 0 Å². The Morgan fingerprint density at radius 1 is 1.50 bits per heavy atom. The van der Waals surface area contributed by atoms with Crippen molar-refractivity contribution in [3.8, 4) is 11.5 Å². The molecule has 0 heterocycles. The zero-order valence-electron chi connectivity index (χ0n) is 11.6. The number of rotatable bonds is 7. The number of hydrazone groups is 1. The van der Waals surface area contributed by atoms with Crippen molar-refractivity contribution in [2.45, 2.75) is 33.1 Å². The number of halogens is 1. The van der Waals surface area contributed by atoms with Crippen LogP contribution in [0.15, 0.2) is 21.7 Å². The summed E-state index contributed by atoms with van der Waals surface area (Å²) in [6.07, 6.45) is 3.80. The number of hydrogen-bond acceptors (Lipinski definition) is 4. The quantitative estimate of drug-likeness (QED) is 0.590. The maximum absolute atomic E-state index is 11.4. The van der Waals surface area contributed by atoms with Crippen LogP contribution >= 0.6 is 15.9 Å². The second kappa shape index (κ2) is 8.58. The van der Waals surface area contributed by atoms with E-state index >= 15 is 0 Å². The number of aromatic hydroxyl groups is 1. The van der Waals surface area contributed by atoms with Crippen LogP contribution in [0.25, 0.3) is 0 Å². The number of unbranched alkanes of at least 4 members (excludes halogenated alkanes) is 1. The fourth-order valence-corrected chi connectivity index (χ4v) is 1.97. The van der Waals surface area contributed by atoms with Gasteiger partial charge in [0.25, 0.3) is 0 Å². The highest BCUT2D eigenvalue weighted by atomic mass is 79.9. The Morgan fingerprint density at radius 2 is 2.25 bits per heavy atom. The largest absolute Gasteiger partial charge is 0.503 e. The fourth-order valence-electron chi connectivity index (χ4n) is 1.51. The predicted octanol–water partition coefficient (Wildman–Crippen LogP) is 3.19. The maximum Gasteiger partial charge on any atom is 0.240 e. The molecule has 0 aliphatic carbocycles. The molecule has 0 aliphatic heterocycles. The molecule has 20 heavy (non-hydrogen) atoms. The number of phenolic OH excluding ortho intramolecular Hbond substituents is 1. The maximum atomic E-state index is 11.4. The molecule has 0 unspecified atom stereocenters. The van der Waals surface area contributed by atoms with Crippen LogP contribution in [0.2, 0.25) is 0 Å². The molecule has 0 aromatic heterocycles. The Morgan fingerprint density at radius 3 is 2.90 bits per heavy atom. The molecule has 1 amide bonds. The number of nitrogens with one attached hydrogen (secondary N) is 1. The zero-order valence-corrected chi connectivity index (χ0v) is 13.2. The summed E-state index contributed by atoms with van der Waals surface area (Å²) < 4.78 is 5.83. The number of phenols is 1. The highest BCUT2D eigenvalue weighted by Gasteiger charge is 2.08. The van der Waals surface area contributed by atoms with Gasteiger partial charge < -0.3 is 9.84 Å². The molecule has 1 aromatic carbocycles. The van der Waals surface area contributed by atoms with Gasteiger partial charge in [0.05, 0.1) is 17.3 Å². The Labute approximate surface area is 127 Å². The van der Waals surface area contributed by atoms with Gasteiger partial charge >= 0.3 is 0 Å². The minimum absolute atomic E-state index is 0.0518. The third-order valence-electron chi connectivity index (χ3n) is 2.51. The summed E-state index contributed by atoms with van der Waals surface area (Å²) in [5.74, 6) is 0.322. The molecule has 0 spiro atoms. The van der Waals surface area contributed by atoms with Crippen LogP contribution in [0.5, 0.6) is 11.5 Å². The summed E-state index contributed by atoms with van der Waals surface area (Å²) >= 11 is 3.24. The molecule has 0 saturated carbocycles. The molecular formula is C14H19BrN2O3. The molecule has 5 nitrogen and oxygen atoms in total.